The van der Waals surface area contributed by atoms with Crippen molar-refractivity contribution in [2.45, 2.75) is 6.92 Å². The van der Waals surface area contributed by atoms with Crippen LogP contribution in [0, 0.1) is 6.92 Å². The quantitative estimate of drug-likeness (QED) is 0.620. The van der Waals surface area contributed by atoms with E-state index in [0.29, 0.717) is 22.6 Å². The summed E-state index contributed by atoms with van der Waals surface area (Å²) in [5.74, 6) is -0.421. The van der Waals surface area contributed by atoms with E-state index in [2.05, 4.69) is 4.98 Å². The zero-order chi connectivity index (χ0) is 13.6. The monoisotopic (exact) mass is 253 g/mol. The molecule has 3 rings (SSSR count). The van der Waals surface area contributed by atoms with Gasteiger partial charge in [0.2, 0.25) is 0 Å². The number of rotatable bonds is 1. The van der Waals surface area contributed by atoms with Gasteiger partial charge in [0.15, 0.2) is 0 Å². The number of aromatic nitrogens is 1. The van der Waals surface area contributed by atoms with E-state index >= 15 is 0 Å². The van der Waals surface area contributed by atoms with E-state index in [1.54, 1.807) is 30.5 Å². The number of hydrogen-bond donors (Lipinski definition) is 1. The fraction of sp³-hybridized carbons (Fsp3) is 0.0714. The Morgan fingerprint density at radius 3 is 2.47 bits per heavy atom. The van der Waals surface area contributed by atoms with Crippen LogP contribution in [-0.4, -0.2) is 16.8 Å². The maximum absolute atomic E-state index is 12.3. The van der Waals surface area contributed by atoms with Gasteiger partial charge in [-0.15, -0.1) is 0 Å². The third-order valence-electron chi connectivity index (χ3n) is 3.04. The Morgan fingerprint density at radius 1 is 1.05 bits per heavy atom. The Labute approximate surface area is 109 Å². The number of benzene rings is 1. The van der Waals surface area contributed by atoms with Crippen LogP contribution in [0.5, 0.6) is 0 Å². The minimum absolute atomic E-state index is 0.326. The van der Waals surface area contributed by atoms with Gasteiger partial charge >= 0.3 is 0 Å². The van der Waals surface area contributed by atoms with Crippen LogP contribution in [0.1, 0.15) is 26.3 Å². The van der Waals surface area contributed by atoms with Crippen molar-refractivity contribution in [2.75, 3.05) is 10.6 Å². The second-order valence-electron chi connectivity index (χ2n) is 4.44. The number of nitrogens with zero attached hydrogens (tertiary/aromatic N) is 2. The summed E-state index contributed by atoms with van der Waals surface area (Å²) >= 11 is 0. The van der Waals surface area contributed by atoms with E-state index < -0.39 is 0 Å². The zero-order valence-electron chi connectivity index (χ0n) is 10.3. The second kappa shape index (κ2) is 3.91. The maximum Gasteiger partial charge on any atom is 0.267 e. The molecule has 1 aromatic heterocycles. The highest BCUT2D eigenvalue weighted by Crippen LogP contribution is 2.28. The lowest BCUT2D eigenvalue weighted by Crippen LogP contribution is -2.30. The molecule has 0 saturated carbocycles. The molecule has 0 unspecified atom stereocenters. The molecule has 2 aromatic rings. The van der Waals surface area contributed by atoms with Crippen molar-refractivity contribution < 1.29 is 9.59 Å². The minimum Gasteiger partial charge on any atom is -0.399 e. The van der Waals surface area contributed by atoms with Crippen molar-refractivity contribution in [3.05, 3.63) is 53.2 Å². The van der Waals surface area contributed by atoms with Crippen molar-refractivity contribution in [2.24, 2.45) is 0 Å². The third-order valence-corrected chi connectivity index (χ3v) is 3.04. The molecule has 0 fully saturated rings. The van der Waals surface area contributed by atoms with Crippen molar-refractivity contribution in [3.63, 3.8) is 0 Å². The molecule has 2 N–H and O–H groups in total. The molecule has 1 aliphatic rings. The molecule has 0 spiro atoms. The molecule has 5 heteroatoms. The first-order chi connectivity index (χ1) is 9.08. The Balaban J connectivity index is 2.10. The molecule has 0 bridgehead atoms. The van der Waals surface area contributed by atoms with Crippen molar-refractivity contribution in [3.8, 4) is 0 Å². The summed E-state index contributed by atoms with van der Waals surface area (Å²) in [7, 11) is 0. The number of imide groups is 1. The SMILES string of the molecule is Cc1ccc(N2C(=O)c3ccc(N)cc3C2=O)nc1. The number of anilines is 2. The molecule has 0 atom stereocenters. The van der Waals surface area contributed by atoms with Crippen molar-refractivity contribution in [1.29, 1.82) is 0 Å². The van der Waals surface area contributed by atoms with Gasteiger partial charge in [-0.1, -0.05) is 6.07 Å². The standard InChI is InChI=1S/C14H11N3O2/c1-8-2-5-12(16-7-8)17-13(18)10-4-3-9(15)6-11(10)14(17)19/h2-7H,15H2,1H3. The molecule has 2 amide bonds. The Hall–Kier alpha value is -2.69. The molecule has 5 nitrogen and oxygen atoms in total. The molecule has 1 aromatic carbocycles. The molecule has 19 heavy (non-hydrogen) atoms. The van der Waals surface area contributed by atoms with Crippen molar-refractivity contribution in [1.82, 2.24) is 4.98 Å². The number of nitrogens with two attached hydrogens (primary N) is 1. The molecular formula is C14H11N3O2. The van der Waals surface area contributed by atoms with Gasteiger partial charge in [0.05, 0.1) is 11.1 Å². The predicted molar refractivity (Wildman–Crippen MR) is 71.0 cm³/mol. The van der Waals surface area contributed by atoms with Crippen LogP contribution in [0.15, 0.2) is 36.5 Å². The Kier molecular flexibility index (Phi) is 2.35. The van der Waals surface area contributed by atoms with Gasteiger partial charge in [0.1, 0.15) is 5.82 Å². The lowest BCUT2D eigenvalue weighted by molar-refractivity contribution is 0.0925. The van der Waals surface area contributed by atoms with Gasteiger partial charge in [0.25, 0.3) is 11.8 Å². The average molecular weight is 253 g/mol. The Morgan fingerprint density at radius 2 is 1.79 bits per heavy atom. The van der Waals surface area contributed by atoms with Gasteiger partial charge < -0.3 is 5.73 Å². The number of pyridine rings is 1. The van der Waals surface area contributed by atoms with Crippen LogP contribution in [0.3, 0.4) is 0 Å². The largest absolute Gasteiger partial charge is 0.399 e. The molecule has 1 aliphatic heterocycles. The topological polar surface area (TPSA) is 76.3 Å². The first-order valence-electron chi connectivity index (χ1n) is 5.79. The zero-order valence-corrected chi connectivity index (χ0v) is 10.3. The highest BCUT2D eigenvalue weighted by Gasteiger charge is 2.37. The second-order valence-corrected chi connectivity index (χ2v) is 4.44. The number of aryl methyl sites for hydroxylation is 1. The van der Waals surface area contributed by atoms with E-state index in [0.717, 1.165) is 10.5 Å². The summed E-state index contributed by atoms with van der Waals surface area (Å²) in [5.41, 5.74) is 7.75. The van der Waals surface area contributed by atoms with E-state index in [1.165, 1.54) is 6.07 Å². The summed E-state index contributed by atoms with van der Waals surface area (Å²) in [6.45, 7) is 1.89. The van der Waals surface area contributed by atoms with E-state index in [9.17, 15) is 9.59 Å². The van der Waals surface area contributed by atoms with E-state index in [-0.39, 0.29) is 11.8 Å². The van der Waals surface area contributed by atoms with Crippen LogP contribution in [-0.2, 0) is 0 Å². The first-order valence-corrected chi connectivity index (χ1v) is 5.79. The predicted octanol–water partition coefficient (Wildman–Crippen LogP) is 1.77. The number of carbonyl (C=O) groups excluding carboxylic acids is 2. The Bertz CT molecular complexity index is 692. The molecule has 94 valence electrons. The van der Waals surface area contributed by atoms with Gasteiger partial charge in [-0.2, -0.15) is 0 Å². The lowest BCUT2D eigenvalue weighted by atomic mass is 10.1. The molecule has 0 saturated heterocycles. The van der Waals surface area contributed by atoms with E-state index in [1.807, 2.05) is 6.92 Å². The highest BCUT2D eigenvalue weighted by atomic mass is 16.2. The average Bonchev–Trinajstić information content (AvgIpc) is 2.63. The summed E-state index contributed by atoms with van der Waals surface area (Å²) in [6.07, 6.45) is 1.62. The molecule has 2 heterocycles. The first kappa shape index (κ1) is 11.4. The highest BCUT2D eigenvalue weighted by molar-refractivity contribution is 6.34. The van der Waals surface area contributed by atoms with Crippen LogP contribution in [0.4, 0.5) is 11.5 Å². The van der Waals surface area contributed by atoms with Gasteiger partial charge in [-0.05, 0) is 36.8 Å². The fourth-order valence-corrected chi connectivity index (χ4v) is 2.06. The molecule has 0 aliphatic carbocycles. The van der Waals surface area contributed by atoms with Crippen LogP contribution in [0.25, 0.3) is 0 Å². The maximum atomic E-state index is 12.3. The summed E-state index contributed by atoms with van der Waals surface area (Å²) in [5, 5.41) is 0. The van der Waals surface area contributed by atoms with Crippen LogP contribution in [0.2, 0.25) is 0 Å². The third kappa shape index (κ3) is 1.67. The van der Waals surface area contributed by atoms with E-state index in [4.69, 9.17) is 5.73 Å². The van der Waals surface area contributed by atoms with Gasteiger partial charge in [-0.25, -0.2) is 9.88 Å². The number of fused-ring (bicyclic) bond motifs is 1. The van der Waals surface area contributed by atoms with Gasteiger partial charge in [0, 0.05) is 11.9 Å². The van der Waals surface area contributed by atoms with Gasteiger partial charge in [-0.3, -0.25) is 9.59 Å². The fourth-order valence-electron chi connectivity index (χ4n) is 2.06. The lowest BCUT2D eigenvalue weighted by Gasteiger charge is -2.12. The molecule has 0 radical (unpaired) electrons. The van der Waals surface area contributed by atoms with Crippen molar-refractivity contribution >= 4 is 23.3 Å². The smallest absolute Gasteiger partial charge is 0.267 e. The number of carbonyl (C=O) groups is 2. The minimum atomic E-state index is -0.386. The number of amides is 2. The summed E-state index contributed by atoms with van der Waals surface area (Å²) < 4.78 is 0. The number of hydrogen-bond acceptors (Lipinski definition) is 4. The summed E-state index contributed by atoms with van der Waals surface area (Å²) in [6, 6.07) is 8.15. The molecular weight excluding hydrogens is 242 g/mol. The number of nitrogen functional groups attached to an aromatic ring is 1. The summed E-state index contributed by atoms with van der Waals surface area (Å²) in [4.78, 5) is 29.7. The van der Waals surface area contributed by atoms with Crippen LogP contribution >= 0.6 is 0 Å². The van der Waals surface area contributed by atoms with Crippen LogP contribution < -0.4 is 10.6 Å². The normalized spacial score (nSPS) is 13.8.